The molecule has 0 radical (unpaired) electrons. The van der Waals surface area contributed by atoms with Crippen LogP contribution < -0.4 is 5.32 Å². The van der Waals surface area contributed by atoms with Crippen LogP contribution in [0.1, 0.15) is 49.9 Å². The zero-order valence-electron chi connectivity index (χ0n) is 18.4. The number of nitrogens with zero attached hydrogens (tertiary/aromatic N) is 1. The van der Waals surface area contributed by atoms with Crippen LogP contribution in [0.2, 0.25) is 10.0 Å². The molecule has 0 spiro atoms. The maximum Gasteiger partial charge on any atom is 0.217 e. The fraction of sp³-hybridized carbons (Fsp3) is 0.154. The standard InChI is InChI=1S/C26H22Cl2N2O2S/c1-15-13-24(33-16(15)2)25(29-17(3)31)23-9-6-12-30(23)22-11-10-18(27)14-20(22)26(32)19-7-4-5-8-21(19)28/h4-14,25H,1-3H3,(H,29,31). The van der Waals surface area contributed by atoms with E-state index in [0.717, 1.165) is 10.6 Å². The lowest BCUT2D eigenvalue weighted by molar-refractivity contribution is -0.119. The number of nitrogens with one attached hydrogen (secondary N) is 1. The highest BCUT2D eigenvalue weighted by molar-refractivity contribution is 7.12. The zero-order valence-corrected chi connectivity index (χ0v) is 20.7. The van der Waals surface area contributed by atoms with Crippen molar-refractivity contribution in [2.24, 2.45) is 0 Å². The van der Waals surface area contributed by atoms with Crippen LogP contribution in [0.15, 0.2) is 66.9 Å². The van der Waals surface area contributed by atoms with Crippen molar-refractivity contribution in [3.63, 3.8) is 0 Å². The maximum absolute atomic E-state index is 13.5. The Morgan fingerprint density at radius 3 is 2.39 bits per heavy atom. The van der Waals surface area contributed by atoms with E-state index >= 15 is 0 Å². The molecule has 4 rings (SSSR count). The number of aryl methyl sites for hydroxylation is 2. The number of thiophene rings is 1. The minimum Gasteiger partial charge on any atom is -0.343 e. The Morgan fingerprint density at radius 2 is 1.73 bits per heavy atom. The lowest BCUT2D eigenvalue weighted by atomic mass is 10.0. The molecule has 2 heterocycles. The molecule has 168 valence electrons. The largest absolute Gasteiger partial charge is 0.343 e. The van der Waals surface area contributed by atoms with Crippen molar-refractivity contribution in [1.29, 1.82) is 0 Å². The van der Waals surface area contributed by atoms with E-state index in [-0.39, 0.29) is 17.7 Å². The molecule has 1 N–H and O–H groups in total. The summed E-state index contributed by atoms with van der Waals surface area (Å²) in [6.07, 6.45) is 1.88. The number of carbonyl (C=O) groups is 2. The van der Waals surface area contributed by atoms with Gasteiger partial charge in [0.05, 0.1) is 16.4 Å². The van der Waals surface area contributed by atoms with Crippen LogP contribution >= 0.6 is 34.5 Å². The molecule has 33 heavy (non-hydrogen) atoms. The van der Waals surface area contributed by atoms with Gasteiger partial charge in [0.2, 0.25) is 5.91 Å². The Bertz CT molecular complexity index is 1340. The summed E-state index contributed by atoms with van der Waals surface area (Å²) in [4.78, 5) is 27.8. The van der Waals surface area contributed by atoms with Crippen LogP contribution in [-0.2, 0) is 4.79 Å². The van der Waals surface area contributed by atoms with Gasteiger partial charge >= 0.3 is 0 Å². The van der Waals surface area contributed by atoms with E-state index in [9.17, 15) is 9.59 Å². The average Bonchev–Trinajstić information content (AvgIpc) is 3.38. The van der Waals surface area contributed by atoms with Crippen LogP contribution in [0.5, 0.6) is 0 Å². The molecule has 7 heteroatoms. The van der Waals surface area contributed by atoms with Crippen molar-refractivity contribution in [2.45, 2.75) is 26.8 Å². The molecule has 0 fully saturated rings. The molecule has 2 aromatic heterocycles. The first-order valence-corrected chi connectivity index (χ1v) is 11.9. The first kappa shape index (κ1) is 23.3. The van der Waals surface area contributed by atoms with Crippen LogP contribution in [0.25, 0.3) is 5.69 Å². The van der Waals surface area contributed by atoms with Crippen LogP contribution in [-0.4, -0.2) is 16.3 Å². The molecule has 4 nitrogen and oxygen atoms in total. The van der Waals surface area contributed by atoms with E-state index in [2.05, 4.69) is 25.2 Å². The van der Waals surface area contributed by atoms with Crippen molar-refractivity contribution in [3.8, 4) is 5.69 Å². The number of halogens is 2. The van der Waals surface area contributed by atoms with Gasteiger partial charge < -0.3 is 9.88 Å². The molecule has 0 aliphatic rings. The molecule has 4 aromatic rings. The summed E-state index contributed by atoms with van der Waals surface area (Å²) in [6, 6.07) is 17.7. The highest BCUT2D eigenvalue weighted by Crippen LogP contribution is 2.34. The van der Waals surface area contributed by atoms with E-state index in [1.165, 1.54) is 17.4 Å². The second-order valence-electron chi connectivity index (χ2n) is 7.80. The maximum atomic E-state index is 13.5. The molecule has 2 aromatic carbocycles. The molecule has 1 unspecified atom stereocenters. The minimum absolute atomic E-state index is 0.139. The van der Waals surface area contributed by atoms with Crippen molar-refractivity contribution < 1.29 is 9.59 Å². The number of carbonyl (C=O) groups excluding carboxylic acids is 2. The molecule has 0 saturated heterocycles. The summed E-state index contributed by atoms with van der Waals surface area (Å²) >= 11 is 14.2. The van der Waals surface area contributed by atoms with E-state index in [1.54, 1.807) is 47.7 Å². The molecule has 1 amide bonds. The van der Waals surface area contributed by atoms with Crippen molar-refractivity contribution in [1.82, 2.24) is 9.88 Å². The Balaban J connectivity index is 1.87. The highest BCUT2D eigenvalue weighted by atomic mass is 35.5. The monoisotopic (exact) mass is 496 g/mol. The number of aromatic nitrogens is 1. The number of hydrogen-bond acceptors (Lipinski definition) is 3. The highest BCUT2D eigenvalue weighted by Gasteiger charge is 2.24. The number of amides is 1. The van der Waals surface area contributed by atoms with Crippen LogP contribution in [0.4, 0.5) is 0 Å². The van der Waals surface area contributed by atoms with Crippen molar-refractivity contribution in [2.75, 3.05) is 0 Å². The minimum atomic E-state index is -0.367. The number of hydrogen-bond donors (Lipinski definition) is 1. The molecule has 1 atom stereocenters. The number of rotatable bonds is 6. The van der Waals surface area contributed by atoms with Gasteiger partial charge in [-0.05, 0) is 67.9 Å². The van der Waals surface area contributed by atoms with Gasteiger partial charge in [-0.25, -0.2) is 0 Å². The molecular weight excluding hydrogens is 475 g/mol. The summed E-state index contributed by atoms with van der Waals surface area (Å²) in [5.41, 5.74) is 3.49. The van der Waals surface area contributed by atoms with Crippen LogP contribution in [0.3, 0.4) is 0 Å². The Labute approximate surface area is 206 Å². The van der Waals surface area contributed by atoms with Gasteiger partial charge in [0.15, 0.2) is 5.78 Å². The van der Waals surface area contributed by atoms with Crippen molar-refractivity contribution >= 4 is 46.2 Å². The predicted octanol–water partition coefficient (Wildman–Crippen LogP) is 6.92. The summed E-state index contributed by atoms with van der Waals surface area (Å²) < 4.78 is 1.92. The fourth-order valence-electron chi connectivity index (χ4n) is 3.78. The van der Waals surface area contributed by atoms with Crippen LogP contribution in [0, 0.1) is 13.8 Å². The molecule has 0 saturated carbocycles. The van der Waals surface area contributed by atoms with E-state index in [0.29, 0.717) is 26.9 Å². The fourth-order valence-corrected chi connectivity index (χ4v) is 5.28. The van der Waals surface area contributed by atoms with Gasteiger partial charge in [0.1, 0.15) is 6.04 Å². The topological polar surface area (TPSA) is 51.1 Å². The summed E-state index contributed by atoms with van der Waals surface area (Å²) in [5, 5.41) is 3.90. The predicted molar refractivity (Wildman–Crippen MR) is 135 cm³/mol. The second-order valence-corrected chi connectivity index (χ2v) is 9.93. The van der Waals surface area contributed by atoms with Gasteiger partial charge in [-0.1, -0.05) is 35.3 Å². The Hall–Kier alpha value is -2.86. The summed E-state index contributed by atoms with van der Waals surface area (Å²) in [6.45, 7) is 5.62. The van der Waals surface area contributed by atoms with Gasteiger partial charge in [0.25, 0.3) is 0 Å². The Kier molecular flexibility index (Phi) is 6.75. The molecule has 0 aliphatic carbocycles. The second kappa shape index (κ2) is 9.56. The molecule has 0 aliphatic heterocycles. The van der Waals surface area contributed by atoms with E-state index in [4.69, 9.17) is 23.2 Å². The van der Waals surface area contributed by atoms with Gasteiger partial charge in [-0.15, -0.1) is 11.3 Å². The third kappa shape index (κ3) is 4.76. The van der Waals surface area contributed by atoms with Gasteiger partial charge in [0, 0.05) is 39.0 Å². The number of ketones is 1. The van der Waals surface area contributed by atoms with Crippen molar-refractivity contribution in [3.05, 3.63) is 109 Å². The lowest BCUT2D eigenvalue weighted by Crippen LogP contribution is -2.28. The molecule has 0 bridgehead atoms. The smallest absolute Gasteiger partial charge is 0.217 e. The van der Waals surface area contributed by atoms with Gasteiger partial charge in [-0.3, -0.25) is 9.59 Å². The van der Waals surface area contributed by atoms with Gasteiger partial charge in [-0.2, -0.15) is 0 Å². The third-order valence-electron chi connectivity index (χ3n) is 5.47. The normalized spacial score (nSPS) is 11.9. The first-order valence-electron chi connectivity index (χ1n) is 10.4. The van der Waals surface area contributed by atoms with E-state index in [1.807, 2.05) is 29.0 Å². The average molecular weight is 497 g/mol. The summed E-state index contributed by atoms with van der Waals surface area (Å²) in [7, 11) is 0. The summed E-state index contributed by atoms with van der Waals surface area (Å²) in [5.74, 6) is -0.364. The third-order valence-corrected chi connectivity index (χ3v) is 7.26. The number of benzene rings is 2. The zero-order chi connectivity index (χ0) is 23.7. The quantitative estimate of drug-likeness (QED) is 0.294. The SMILES string of the molecule is CC(=O)NC(c1cc(C)c(C)s1)c1cccn1-c1ccc(Cl)cc1C(=O)c1ccccc1Cl. The van der Waals surface area contributed by atoms with E-state index < -0.39 is 0 Å². The molecular formula is C26H22Cl2N2O2S. The Morgan fingerprint density at radius 1 is 0.970 bits per heavy atom. The first-order chi connectivity index (χ1) is 15.8. The lowest BCUT2D eigenvalue weighted by Gasteiger charge is -2.21.